The molecule has 0 aromatic heterocycles. The second kappa shape index (κ2) is 6.71. The predicted molar refractivity (Wildman–Crippen MR) is 80.0 cm³/mol. The Morgan fingerprint density at radius 3 is 2.17 bits per heavy atom. The number of benzene rings is 1. The third kappa shape index (κ3) is 4.73. The van der Waals surface area contributed by atoms with E-state index < -0.39 is 9.84 Å². The number of alkyl halides is 1. The first-order valence-electron chi connectivity index (χ1n) is 6.31. The highest BCUT2D eigenvalue weighted by molar-refractivity contribution is 9.09. The maximum atomic E-state index is 11.7. The molecule has 0 N–H and O–H groups in total. The molecular formula is C14H21BrO2S. The van der Waals surface area contributed by atoms with Crippen LogP contribution in [0, 0.1) is 5.92 Å². The number of halogens is 1. The second-order valence-electron chi connectivity index (χ2n) is 4.98. The molecule has 0 aliphatic carbocycles. The summed E-state index contributed by atoms with van der Waals surface area (Å²) in [6.45, 7) is 6.07. The molecule has 0 amide bonds. The molecule has 0 spiro atoms. The van der Waals surface area contributed by atoms with Gasteiger partial charge in [0.25, 0.3) is 0 Å². The van der Waals surface area contributed by atoms with Gasteiger partial charge in [-0.05, 0) is 36.5 Å². The summed E-state index contributed by atoms with van der Waals surface area (Å²) in [5.41, 5.74) is 1.17. The van der Waals surface area contributed by atoms with Crippen molar-refractivity contribution in [2.45, 2.75) is 43.3 Å². The molecule has 1 aromatic carbocycles. The van der Waals surface area contributed by atoms with E-state index >= 15 is 0 Å². The van der Waals surface area contributed by atoms with Gasteiger partial charge in [-0.15, -0.1) is 0 Å². The molecule has 18 heavy (non-hydrogen) atoms. The summed E-state index contributed by atoms with van der Waals surface area (Å²) in [5, 5.41) is 0. The quantitative estimate of drug-likeness (QED) is 0.742. The zero-order valence-electron chi connectivity index (χ0n) is 11.2. The van der Waals surface area contributed by atoms with E-state index in [1.807, 2.05) is 12.1 Å². The molecule has 102 valence electrons. The van der Waals surface area contributed by atoms with Crippen molar-refractivity contribution in [3.8, 4) is 0 Å². The molecule has 0 radical (unpaired) electrons. The fourth-order valence-electron chi connectivity index (χ4n) is 1.85. The Kier molecular flexibility index (Phi) is 5.86. The van der Waals surface area contributed by atoms with E-state index in [0.29, 0.717) is 15.6 Å². The van der Waals surface area contributed by atoms with E-state index in [9.17, 15) is 8.42 Å². The zero-order chi connectivity index (χ0) is 13.8. The van der Waals surface area contributed by atoms with Gasteiger partial charge in [0.05, 0.1) is 10.6 Å². The summed E-state index contributed by atoms with van der Waals surface area (Å²) in [6.07, 6.45) is 2.06. The predicted octanol–water partition coefficient (Wildman–Crippen LogP) is 3.83. The molecule has 1 atom stereocenters. The number of hydrogen-bond donors (Lipinski definition) is 0. The summed E-state index contributed by atoms with van der Waals surface area (Å²) < 4.78 is 23.3. The first-order chi connectivity index (χ1) is 8.35. The summed E-state index contributed by atoms with van der Waals surface area (Å²) in [6, 6.07) is 7.25. The van der Waals surface area contributed by atoms with Gasteiger partial charge in [-0.1, -0.05) is 48.8 Å². The van der Waals surface area contributed by atoms with E-state index in [1.54, 1.807) is 19.1 Å². The van der Waals surface area contributed by atoms with E-state index in [0.717, 1.165) is 12.8 Å². The minimum absolute atomic E-state index is 0.154. The van der Waals surface area contributed by atoms with Crippen molar-refractivity contribution < 1.29 is 8.42 Å². The van der Waals surface area contributed by atoms with Crippen molar-refractivity contribution in [1.82, 2.24) is 0 Å². The van der Waals surface area contributed by atoms with Gasteiger partial charge >= 0.3 is 0 Å². The van der Waals surface area contributed by atoms with Gasteiger partial charge in [-0.2, -0.15) is 0 Å². The minimum Gasteiger partial charge on any atom is -0.224 e. The summed E-state index contributed by atoms with van der Waals surface area (Å²) >= 11 is 3.67. The van der Waals surface area contributed by atoms with Gasteiger partial charge in [-0.3, -0.25) is 0 Å². The van der Waals surface area contributed by atoms with Crippen LogP contribution in [-0.4, -0.2) is 19.0 Å². The molecule has 0 aliphatic heterocycles. The average Bonchev–Trinajstić information content (AvgIpc) is 2.28. The molecular weight excluding hydrogens is 312 g/mol. The van der Waals surface area contributed by atoms with Crippen LogP contribution in [0.15, 0.2) is 29.2 Å². The number of sulfone groups is 1. The Morgan fingerprint density at radius 1 is 1.17 bits per heavy atom. The van der Waals surface area contributed by atoms with Crippen LogP contribution in [0.25, 0.3) is 0 Å². The molecule has 0 bridgehead atoms. The van der Waals surface area contributed by atoms with Crippen LogP contribution < -0.4 is 0 Å². The van der Waals surface area contributed by atoms with Gasteiger partial charge in [-0.25, -0.2) is 8.42 Å². The monoisotopic (exact) mass is 332 g/mol. The van der Waals surface area contributed by atoms with Crippen LogP contribution in [0.4, 0.5) is 0 Å². The summed E-state index contributed by atoms with van der Waals surface area (Å²) in [7, 11) is -3.07. The van der Waals surface area contributed by atoms with Crippen LogP contribution in [0.3, 0.4) is 0 Å². The lowest BCUT2D eigenvalue weighted by molar-refractivity contribution is 0.571. The largest absolute Gasteiger partial charge is 0.224 e. The van der Waals surface area contributed by atoms with E-state index in [2.05, 4.69) is 29.8 Å². The Labute approximate surface area is 119 Å². The standard InChI is InChI=1S/C14H21BrO2S/c1-4-18(16,17)14-7-5-12(6-8-14)10-13(15)9-11(2)3/h5-8,11,13H,4,9-10H2,1-3H3. The maximum absolute atomic E-state index is 11.7. The first kappa shape index (κ1) is 15.7. The molecule has 2 nitrogen and oxygen atoms in total. The van der Waals surface area contributed by atoms with Crippen molar-refractivity contribution in [3.05, 3.63) is 29.8 Å². The van der Waals surface area contributed by atoms with Crippen LogP contribution in [0.1, 0.15) is 32.8 Å². The van der Waals surface area contributed by atoms with Crippen LogP contribution in [-0.2, 0) is 16.3 Å². The molecule has 0 saturated carbocycles. The number of rotatable bonds is 6. The van der Waals surface area contributed by atoms with Crippen molar-refractivity contribution in [2.24, 2.45) is 5.92 Å². The Bertz CT molecular complexity index is 463. The van der Waals surface area contributed by atoms with Crippen LogP contribution in [0.2, 0.25) is 0 Å². The highest BCUT2D eigenvalue weighted by atomic mass is 79.9. The van der Waals surface area contributed by atoms with Crippen molar-refractivity contribution in [3.63, 3.8) is 0 Å². The molecule has 0 fully saturated rings. The molecule has 0 aliphatic rings. The zero-order valence-corrected chi connectivity index (χ0v) is 13.6. The van der Waals surface area contributed by atoms with Gasteiger partial charge in [0, 0.05) is 4.83 Å². The Balaban J connectivity index is 2.72. The highest BCUT2D eigenvalue weighted by Gasteiger charge is 2.12. The van der Waals surface area contributed by atoms with Crippen LogP contribution in [0.5, 0.6) is 0 Å². The van der Waals surface area contributed by atoms with E-state index in [-0.39, 0.29) is 5.75 Å². The van der Waals surface area contributed by atoms with Gasteiger partial charge in [0.15, 0.2) is 9.84 Å². The number of hydrogen-bond acceptors (Lipinski definition) is 2. The first-order valence-corrected chi connectivity index (χ1v) is 8.87. The maximum Gasteiger partial charge on any atom is 0.178 e. The van der Waals surface area contributed by atoms with E-state index in [4.69, 9.17) is 0 Å². The second-order valence-corrected chi connectivity index (χ2v) is 8.55. The van der Waals surface area contributed by atoms with Gasteiger partial charge < -0.3 is 0 Å². The average molecular weight is 333 g/mol. The van der Waals surface area contributed by atoms with Crippen molar-refractivity contribution in [1.29, 1.82) is 0 Å². The van der Waals surface area contributed by atoms with Gasteiger partial charge in [0.2, 0.25) is 0 Å². The molecule has 0 heterocycles. The molecule has 1 unspecified atom stereocenters. The molecule has 1 aromatic rings. The Hall–Kier alpha value is -0.350. The SMILES string of the molecule is CCS(=O)(=O)c1ccc(CC(Br)CC(C)C)cc1. The van der Waals surface area contributed by atoms with Crippen molar-refractivity contribution in [2.75, 3.05) is 5.75 Å². The van der Waals surface area contributed by atoms with Crippen molar-refractivity contribution >= 4 is 25.8 Å². The molecule has 4 heteroatoms. The lowest BCUT2D eigenvalue weighted by atomic mass is 10.0. The third-order valence-corrected chi connectivity index (χ3v) is 5.29. The smallest absolute Gasteiger partial charge is 0.178 e. The highest BCUT2D eigenvalue weighted by Crippen LogP contribution is 2.19. The topological polar surface area (TPSA) is 34.1 Å². The molecule has 0 saturated heterocycles. The molecule has 1 rings (SSSR count). The Morgan fingerprint density at radius 2 is 1.72 bits per heavy atom. The summed E-state index contributed by atoms with van der Waals surface area (Å²) in [4.78, 5) is 0.870. The fourth-order valence-corrected chi connectivity index (χ4v) is 3.86. The van der Waals surface area contributed by atoms with E-state index in [1.165, 1.54) is 5.56 Å². The third-order valence-electron chi connectivity index (χ3n) is 2.85. The minimum atomic E-state index is -3.07. The normalized spacial score (nSPS) is 13.8. The van der Waals surface area contributed by atoms with Gasteiger partial charge in [0.1, 0.15) is 0 Å². The van der Waals surface area contributed by atoms with Crippen LogP contribution >= 0.6 is 15.9 Å². The lowest BCUT2D eigenvalue weighted by Gasteiger charge is -2.12. The summed E-state index contributed by atoms with van der Waals surface area (Å²) in [5.74, 6) is 0.815. The fraction of sp³-hybridized carbons (Fsp3) is 0.571. The lowest BCUT2D eigenvalue weighted by Crippen LogP contribution is -2.07.